The lowest BCUT2D eigenvalue weighted by molar-refractivity contribution is -0.112. The van der Waals surface area contributed by atoms with Gasteiger partial charge >= 0.3 is 0 Å². The van der Waals surface area contributed by atoms with Gasteiger partial charge < -0.3 is 19.5 Å². The van der Waals surface area contributed by atoms with E-state index in [-0.39, 0.29) is 5.57 Å². The summed E-state index contributed by atoms with van der Waals surface area (Å²) in [6, 6.07) is 34.0. The Labute approximate surface area is 255 Å². The zero-order chi connectivity index (χ0) is 30.2. The van der Waals surface area contributed by atoms with Crippen LogP contribution in [-0.2, 0) is 18.0 Å². The van der Waals surface area contributed by atoms with E-state index < -0.39 is 5.91 Å². The Hall–Kier alpha value is -5.25. The third-order valence-corrected chi connectivity index (χ3v) is 7.37. The lowest BCUT2D eigenvalue weighted by Gasteiger charge is -2.15. The van der Waals surface area contributed by atoms with E-state index in [1.165, 1.54) is 6.08 Å². The Balaban J connectivity index is 1.31. The molecule has 0 aliphatic heterocycles. The third-order valence-electron chi connectivity index (χ3n) is 7.00. The van der Waals surface area contributed by atoms with E-state index in [1.54, 1.807) is 49.6 Å². The molecule has 6 nitrogen and oxygen atoms in total. The number of hydrogen-bond donors (Lipinski definition) is 1. The Morgan fingerprint density at radius 2 is 1.63 bits per heavy atom. The van der Waals surface area contributed by atoms with Crippen LogP contribution in [0.3, 0.4) is 0 Å². The number of amides is 1. The molecule has 0 saturated carbocycles. The van der Waals surface area contributed by atoms with Gasteiger partial charge in [0.15, 0.2) is 0 Å². The molecule has 0 atom stereocenters. The number of halogens is 1. The van der Waals surface area contributed by atoms with Crippen molar-refractivity contribution in [2.75, 3.05) is 12.4 Å². The number of methoxy groups -OCH3 is 1. The van der Waals surface area contributed by atoms with Crippen LogP contribution in [0.5, 0.6) is 17.2 Å². The fraction of sp³-hybridized carbons (Fsp3) is 0.111. The van der Waals surface area contributed by atoms with E-state index in [9.17, 15) is 10.1 Å². The van der Waals surface area contributed by atoms with Crippen LogP contribution in [-0.4, -0.2) is 13.0 Å². The number of fused-ring (bicyclic) bond motifs is 1. The monoisotopic (exact) mass is 588 g/mol. The first-order chi connectivity index (χ1) is 20.9. The van der Waals surface area contributed by atoms with Gasteiger partial charge in [0.1, 0.15) is 42.1 Å². The number of hydrogen-bond acceptors (Lipinski definition) is 5. The van der Waals surface area contributed by atoms with Gasteiger partial charge in [0.2, 0.25) is 0 Å². The lowest BCUT2D eigenvalue weighted by atomic mass is 10.0. The molecule has 5 aromatic carbocycles. The molecule has 0 saturated heterocycles. The number of aryl methyl sites for hydroxylation is 1. The summed E-state index contributed by atoms with van der Waals surface area (Å²) in [4.78, 5) is 13.1. The zero-order valence-electron chi connectivity index (χ0n) is 23.8. The van der Waals surface area contributed by atoms with Crippen molar-refractivity contribution in [2.45, 2.75) is 20.1 Å². The van der Waals surface area contributed by atoms with Crippen molar-refractivity contribution in [3.05, 3.63) is 136 Å². The maximum Gasteiger partial charge on any atom is 0.266 e. The summed E-state index contributed by atoms with van der Waals surface area (Å²) in [6.45, 7) is 2.67. The maximum atomic E-state index is 13.1. The summed E-state index contributed by atoms with van der Waals surface area (Å²) >= 11 is 6.20. The fourth-order valence-electron chi connectivity index (χ4n) is 4.59. The molecule has 1 amide bonds. The van der Waals surface area contributed by atoms with Gasteiger partial charge in [-0.2, -0.15) is 5.26 Å². The second kappa shape index (κ2) is 13.6. The molecule has 0 aliphatic rings. The third kappa shape index (κ3) is 7.16. The van der Waals surface area contributed by atoms with Gasteiger partial charge in [-0.25, -0.2) is 0 Å². The van der Waals surface area contributed by atoms with E-state index in [0.29, 0.717) is 46.7 Å². The van der Waals surface area contributed by atoms with Gasteiger partial charge in [-0.05, 0) is 71.8 Å². The molecule has 214 valence electrons. The van der Waals surface area contributed by atoms with Crippen molar-refractivity contribution in [3.63, 3.8) is 0 Å². The highest BCUT2D eigenvalue weighted by Crippen LogP contribution is 2.30. The van der Waals surface area contributed by atoms with Crippen molar-refractivity contribution < 1.29 is 19.0 Å². The molecular formula is C36H29ClN2O4. The molecule has 5 aromatic rings. The average Bonchev–Trinajstić information content (AvgIpc) is 3.03. The van der Waals surface area contributed by atoms with Crippen LogP contribution in [0.1, 0.15) is 22.3 Å². The van der Waals surface area contributed by atoms with Crippen LogP contribution in [0.2, 0.25) is 5.02 Å². The molecule has 1 N–H and O–H groups in total. The summed E-state index contributed by atoms with van der Waals surface area (Å²) in [7, 11) is 1.57. The number of carbonyl (C=O) groups is 1. The van der Waals surface area contributed by atoms with Crippen LogP contribution in [0.25, 0.3) is 16.8 Å². The number of anilines is 1. The van der Waals surface area contributed by atoms with Gasteiger partial charge in [0, 0.05) is 33.5 Å². The molecule has 43 heavy (non-hydrogen) atoms. The molecule has 5 rings (SSSR count). The van der Waals surface area contributed by atoms with Crippen LogP contribution in [0.4, 0.5) is 5.69 Å². The molecule has 0 bridgehead atoms. The normalized spacial score (nSPS) is 11.1. The molecular weight excluding hydrogens is 560 g/mol. The van der Waals surface area contributed by atoms with E-state index in [4.69, 9.17) is 25.8 Å². The molecule has 0 aliphatic carbocycles. The SMILES string of the molecule is COc1ccc(/C=C(\C#N)C(=O)Nc2ccc(OCc3ccccc3Cl)cc2)c(OCc2c(C)ccc3ccccc23)c1. The first kappa shape index (κ1) is 29.2. The lowest BCUT2D eigenvalue weighted by Crippen LogP contribution is -2.13. The van der Waals surface area contributed by atoms with Gasteiger partial charge in [-0.3, -0.25) is 4.79 Å². The first-order valence-corrected chi connectivity index (χ1v) is 14.0. The maximum absolute atomic E-state index is 13.1. The van der Waals surface area contributed by atoms with Crippen molar-refractivity contribution in [3.8, 4) is 23.3 Å². The minimum Gasteiger partial charge on any atom is -0.497 e. The van der Waals surface area contributed by atoms with Gasteiger partial charge in [0.05, 0.1) is 7.11 Å². The number of rotatable bonds is 10. The van der Waals surface area contributed by atoms with Crippen LogP contribution in [0, 0.1) is 18.3 Å². The number of nitrogens with one attached hydrogen (secondary N) is 1. The van der Waals surface area contributed by atoms with E-state index >= 15 is 0 Å². The van der Waals surface area contributed by atoms with Crippen molar-refractivity contribution >= 4 is 40.0 Å². The minimum absolute atomic E-state index is 0.0737. The zero-order valence-corrected chi connectivity index (χ0v) is 24.5. The Morgan fingerprint density at radius 1 is 0.884 bits per heavy atom. The summed E-state index contributed by atoms with van der Waals surface area (Å²) in [5, 5.41) is 15.5. The molecule has 0 radical (unpaired) electrons. The van der Waals surface area contributed by atoms with E-state index in [2.05, 4.69) is 29.6 Å². The standard InChI is InChI=1S/C36H29ClN2O4/c1-24-11-12-25-7-3-5-9-32(25)33(24)23-43-35-20-31(41-2)16-13-26(35)19-28(21-38)36(40)39-29-14-17-30(18-15-29)42-22-27-8-4-6-10-34(27)37/h3-20H,22-23H2,1-2H3,(H,39,40)/b28-19+. The second-order valence-electron chi connectivity index (χ2n) is 9.80. The largest absolute Gasteiger partial charge is 0.497 e. The highest BCUT2D eigenvalue weighted by Gasteiger charge is 2.14. The average molecular weight is 589 g/mol. The highest BCUT2D eigenvalue weighted by atomic mass is 35.5. The number of ether oxygens (including phenoxy) is 3. The predicted molar refractivity (Wildman–Crippen MR) is 170 cm³/mol. The molecule has 0 heterocycles. The van der Waals surface area contributed by atoms with Crippen LogP contribution < -0.4 is 19.5 Å². The summed E-state index contributed by atoms with van der Waals surface area (Å²) < 4.78 is 17.5. The first-order valence-electron chi connectivity index (χ1n) is 13.6. The molecule has 0 fully saturated rings. The molecule has 0 unspecified atom stereocenters. The summed E-state index contributed by atoms with van der Waals surface area (Å²) in [6.07, 6.45) is 1.52. The number of nitriles is 1. The number of benzene rings is 5. The van der Waals surface area contributed by atoms with Gasteiger partial charge in [-0.15, -0.1) is 0 Å². The molecule has 0 aromatic heterocycles. The van der Waals surface area contributed by atoms with Gasteiger partial charge in [-0.1, -0.05) is 66.2 Å². The van der Waals surface area contributed by atoms with Crippen LogP contribution >= 0.6 is 11.6 Å². The Bertz CT molecular complexity index is 1840. The number of carbonyl (C=O) groups excluding carboxylic acids is 1. The highest BCUT2D eigenvalue weighted by molar-refractivity contribution is 6.31. The summed E-state index contributed by atoms with van der Waals surface area (Å²) in [5.74, 6) is 1.17. The minimum atomic E-state index is -0.543. The van der Waals surface area contributed by atoms with Crippen molar-refractivity contribution in [2.24, 2.45) is 0 Å². The Kier molecular flexibility index (Phi) is 9.26. The van der Waals surface area contributed by atoms with Crippen molar-refractivity contribution in [1.82, 2.24) is 0 Å². The smallest absolute Gasteiger partial charge is 0.266 e. The molecule has 7 heteroatoms. The topological polar surface area (TPSA) is 80.6 Å². The van der Waals surface area contributed by atoms with E-state index in [0.717, 1.165) is 27.5 Å². The second-order valence-corrected chi connectivity index (χ2v) is 10.2. The Morgan fingerprint density at radius 3 is 2.40 bits per heavy atom. The quantitative estimate of drug-likeness (QED) is 0.131. The fourth-order valence-corrected chi connectivity index (χ4v) is 4.78. The molecule has 0 spiro atoms. The van der Waals surface area contributed by atoms with Gasteiger partial charge in [0.25, 0.3) is 5.91 Å². The van der Waals surface area contributed by atoms with Crippen molar-refractivity contribution in [1.29, 1.82) is 5.26 Å². The summed E-state index contributed by atoms with van der Waals surface area (Å²) in [5.41, 5.74) is 4.07. The number of nitrogens with zero attached hydrogens (tertiary/aromatic N) is 1. The van der Waals surface area contributed by atoms with E-state index in [1.807, 2.05) is 49.4 Å². The predicted octanol–water partition coefficient (Wildman–Crippen LogP) is 8.51. The van der Waals surface area contributed by atoms with Crippen LogP contribution in [0.15, 0.2) is 109 Å².